The van der Waals surface area contributed by atoms with Gasteiger partial charge < -0.3 is 5.32 Å². The van der Waals surface area contributed by atoms with Crippen molar-refractivity contribution in [3.63, 3.8) is 0 Å². The van der Waals surface area contributed by atoms with Crippen LogP contribution in [0.2, 0.25) is 0 Å². The van der Waals surface area contributed by atoms with Gasteiger partial charge >= 0.3 is 0 Å². The molecule has 1 heteroatoms. The summed E-state index contributed by atoms with van der Waals surface area (Å²) in [5, 5.41) is 3.72. The van der Waals surface area contributed by atoms with Crippen molar-refractivity contribution in [2.75, 3.05) is 0 Å². The van der Waals surface area contributed by atoms with Crippen LogP contribution >= 0.6 is 0 Å². The lowest BCUT2D eigenvalue weighted by Gasteiger charge is -2.31. The highest BCUT2D eigenvalue weighted by molar-refractivity contribution is 4.82. The molecule has 0 aromatic carbocycles. The molecule has 1 saturated carbocycles. The number of hydrogen-bond donors (Lipinski definition) is 1. The van der Waals surface area contributed by atoms with Gasteiger partial charge in [0.15, 0.2) is 0 Å². The zero-order valence-corrected chi connectivity index (χ0v) is 8.98. The van der Waals surface area contributed by atoms with E-state index in [9.17, 15) is 0 Å². The average Bonchev–Trinajstić information content (AvgIpc) is 2.37. The average molecular weight is 169 g/mol. The molecule has 0 aromatic heterocycles. The van der Waals surface area contributed by atoms with E-state index in [4.69, 9.17) is 0 Å². The minimum atomic E-state index is 0.405. The molecule has 1 aliphatic rings. The molecule has 1 atom stereocenters. The van der Waals surface area contributed by atoms with Gasteiger partial charge in [0.25, 0.3) is 0 Å². The minimum Gasteiger partial charge on any atom is -0.311 e. The Labute approximate surface area is 76.9 Å². The predicted octanol–water partition coefficient (Wildman–Crippen LogP) is 2.95. The van der Waals surface area contributed by atoms with Crippen LogP contribution in [0.3, 0.4) is 0 Å². The smallest absolute Gasteiger partial charge is 0.00898 e. The zero-order valence-electron chi connectivity index (χ0n) is 8.98. The molecule has 0 saturated heterocycles. The number of rotatable bonds is 2. The second-order valence-electron chi connectivity index (χ2n) is 5.24. The van der Waals surface area contributed by atoms with Crippen molar-refractivity contribution in [1.29, 1.82) is 0 Å². The van der Waals surface area contributed by atoms with Crippen LogP contribution in [0.1, 0.15) is 53.4 Å². The molecule has 0 heterocycles. The fourth-order valence-electron chi connectivity index (χ4n) is 1.70. The molecule has 1 N–H and O–H groups in total. The maximum Gasteiger partial charge on any atom is 0.00898 e. The highest BCUT2D eigenvalue weighted by Gasteiger charge is 2.24. The van der Waals surface area contributed by atoms with Crippen LogP contribution in [-0.4, -0.2) is 12.1 Å². The standard InChI is InChI=1S/C11H23N/c1-9(11(2,3)4)12-10-7-5-6-8-10/h9-10,12H,5-8H2,1-4H3. The van der Waals surface area contributed by atoms with Gasteiger partial charge in [-0.1, -0.05) is 33.6 Å². The van der Waals surface area contributed by atoms with Crippen LogP contribution in [0.15, 0.2) is 0 Å². The summed E-state index contributed by atoms with van der Waals surface area (Å²) in [6.07, 6.45) is 5.63. The maximum atomic E-state index is 3.72. The molecule has 1 unspecified atom stereocenters. The molecule has 1 nitrogen and oxygen atoms in total. The zero-order chi connectivity index (χ0) is 9.19. The summed E-state index contributed by atoms with van der Waals surface area (Å²) in [6.45, 7) is 9.22. The van der Waals surface area contributed by atoms with Gasteiger partial charge in [0, 0.05) is 12.1 Å². The lowest BCUT2D eigenvalue weighted by molar-refractivity contribution is 0.263. The molecule has 1 rings (SSSR count). The van der Waals surface area contributed by atoms with Crippen LogP contribution in [0.25, 0.3) is 0 Å². The second-order valence-corrected chi connectivity index (χ2v) is 5.24. The predicted molar refractivity (Wildman–Crippen MR) is 54.3 cm³/mol. The van der Waals surface area contributed by atoms with Crippen molar-refractivity contribution in [3.8, 4) is 0 Å². The van der Waals surface area contributed by atoms with Gasteiger partial charge in [-0.05, 0) is 25.2 Å². The molecule has 12 heavy (non-hydrogen) atoms. The molecule has 0 spiro atoms. The molecule has 72 valence electrons. The van der Waals surface area contributed by atoms with Crippen molar-refractivity contribution >= 4 is 0 Å². The normalized spacial score (nSPS) is 23.0. The largest absolute Gasteiger partial charge is 0.311 e. The molecule has 0 radical (unpaired) electrons. The molecule has 1 aliphatic carbocycles. The Balaban J connectivity index is 2.30. The second kappa shape index (κ2) is 3.78. The summed E-state index contributed by atoms with van der Waals surface area (Å²) >= 11 is 0. The van der Waals surface area contributed by atoms with Crippen LogP contribution in [0.5, 0.6) is 0 Å². The van der Waals surface area contributed by atoms with Gasteiger partial charge in [-0.15, -0.1) is 0 Å². The Bertz CT molecular complexity index is 128. The van der Waals surface area contributed by atoms with E-state index in [1.54, 1.807) is 0 Å². The fraction of sp³-hybridized carbons (Fsp3) is 1.00. The Kier molecular flexibility index (Phi) is 3.16. The van der Waals surface area contributed by atoms with Gasteiger partial charge in [-0.3, -0.25) is 0 Å². The fourth-order valence-corrected chi connectivity index (χ4v) is 1.70. The van der Waals surface area contributed by atoms with Gasteiger partial charge in [-0.2, -0.15) is 0 Å². The van der Waals surface area contributed by atoms with Gasteiger partial charge in [0.05, 0.1) is 0 Å². The lowest BCUT2D eigenvalue weighted by Crippen LogP contribution is -2.42. The quantitative estimate of drug-likeness (QED) is 0.670. The maximum absolute atomic E-state index is 3.72. The Morgan fingerprint density at radius 2 is 1.67 bits per heavy atom. The minimum absolute atomic E-state index is 0.405. The third-order valence-electron chi connectivity index (χ3n) is 3.14. The first-order valence-electron chi connectivity index (χ1n) is 5.26. The first-order valence-corrected chi connectivity index (χ1v) is 5.26. The Morgan fingerprint density at radius 1 is 1.17 bits per heavy atom. The lowest BCUT2D eigenvalue weighted by atomic mass is 9.87. The first kappa shape index (κ1) is 10.0. The molecular weight excluding hydrogens is 146 g/mol. The van der Waals surface area contributed by atoms with E-state index in [1.807, 2.05) is 0 Å². The number of hydrogen-bond acceptors (Lipinski definition) is 1. The third kappa shape index (κ3) is 2.78. The molecule has 0 aromatic rings. The van der Waals surface area contributed by atoms with E-state index in [-0.39, 0.29) is 0 Å². The van der Waals surface area contributed by atoms with E-state index in [1.165, 1.54) is 25.7 Å². The SMILES string of the molecule is CC(NC1CCCC1)C(C)(C)C. The monoisotopic (exact) mass is 169 g/mol. The summed E-state index contributed by atoms with van der Waals surface area (Å²) in [5.74, 6) is 0. The molecule has 0 amide bonds. The molecule has 1 fully saturated rings. The van der Waals surface area contributed by atoms with Crippen molar-refractivity contribution in [2.24, 2.45) is 5.41 Å². The summed E-state index contributed by atoms with van der Waals surface area (Å²) in [7, 11) is 0. The summed E-state index contributed by atoms with van der Waals surface area (Å²) in [5.41, 5.74) is 0.405. The van der Waals surface area contributed by atoms with Crippen LogP contribution in [0.4, 0.5) is 0 Å². The van der Waals surface area contributed by atoms with Crippen LogP contribution < -0.4 is 5.32 Å². The van der Waals surface area contributed by atoms with Crippen molar-refractivity contribution < 1.29 is 0 Å². The number of nitrogens with one attached hydrogen (secondary N) is 1. The van der Waals surface area contributed by atoms with E-state index in [0.717, 1.165) is 6.04 Å². The Hall–Kier alpha value is -0.0400. The van der Waals surface area contributed by atoms with Crippen molar-refractivity contribution in [1.82, 2.24) is 5.32 Å². The topological polar surface area (TPSA) is 12.0 Å². The summed E-state index contributed by atoms with van der Waals surface area (Å²) < 4.78 is 0. The highest BCUT2D eigenvalue weighted by atomic mass is 15.0. The summed E-state index contributed by atoms with van der Waals surface area (Å²) in [4.78, 5) is 0. The molecule has 0 bridgehead atoms. The third-order valence-corrected chi connectivity index (χ3v) is 3.14. The van der Waals surface area contributed by atoms with Crippen molar-refractivity contribution in [3.05, 3.63) is 0 Å². The summed E-state index contributed by atoms with van der Waals surface area (Å²) in [6, 6.07) is 1.44. The molecule has 0 aliphatic heterocycles. The van der Waals surface area contributed by atoms with Gasteiger partial charge in [-0.25, -0.2) is 0 Å². The Morgan fingerprint density at radius 3 is 2.08 bits per heavy atom. The van der Waals surface area contributed by atoms with Gasteiger partial charge in [0.1, 0.15) is 0 Å². The van der Waals surface area contributed by atoms with E-state index in [0.29, 0.717) is 11.5 Å². The van der Waals surface area contributed by atoms with E-state index in [2.05, 4.69) is 33.0 Å². The van der Waals surface area contributed by atoms with E-state index < -0.39 is 0 Å². The van der Waals surface area contributed by atoms with Crippen molar-refractivity contribution in [2.45, 2.75) is 65.5 Å². The van der Waals surface area contributed by atoms with Gasteiger partial charge in [0.2, 0.25) is 0 Å². The first-order chi connectivity index (χ1) is 5.50. The molecular formula is C11H23N. The highest BCUT2D eigenvalue weighted by Crippen LogP contribution is 2.23. The van der Waals surface area contributed by atoms with Crippen LogP contribution in [-0.2, 0) is 0 Å². The van der Waals surface area contributed by atoms with Crippen LogP contribution in [0, 0.1) is 5.41 Å². The van der Waals surface area contributed by atoms with E-state index >= 15 is 0 Å².